The van der Waals surface area contributed by atoms with E-state index in [2.05, 4.69) is 48.3 Å². The number of rotatable bonds is 5. The van der Waals surface area contributed by atoms with Crippen molar-refractivity contribution in [2.24, 2.45) is 0 Å². The van der Waals surface area contributed by atoms with Crippen LogP contribution in [-0.4, -0.2) is 13.6 Å². The lowest BCUT2D eigenvalue weighted by atomic mass is 10.1. The SMILES string of the molecule is C=C(C)c1ccc(C=CCCNC)cc1. The van der Waals surface area contributed by atoms with Crippen molar-refractivity contribution in [1.29, 1.82) is 0 Å². The summed E-state index contributed by atoms with van der Waals surface area (Å²) in [7, 11) is 1.97. The molecule has 80 valence electrons. The Morgan fingerprint density at radius 2 is 2.00 bits per heavy atom. The van der Waals surface area contributed by atoms with Gasteiger partial charge in [0.05, 0.1) is 0 Å². The third kappa shape index (κ3) is 4.13. The third-order valence-corrected chi connectivity index (χ3v) is 2.27. The van der Waals surface area contributed by atoms with E-state index in [-0.39, 0.29) is 0 Å². The molecular formula is C14H19N. The molecule has 1 rings (SSSR count). The molecule has 1 heteroatoms. The minimum absolute atomic E-state index is 1.03. The zero-order chi connectivity index (χ0) is 11.1. The molecule has 1 nitrogen and oxygen atoms in total. The topological polar surface area (TPSA) is 12.0 Å². The molecule has 0 bridgehead atoms. The third-order valence-electron chi connectivity index (χ3n) is 2.27. The van der Waals surface area contributed by atoms with Crippen LogP contribution in [0.15, 0.2) is 36.9 Å². The predicted octanol–water partition coefficient (Wildman–Crippen LogP) is 3.34. The van der Waals surface area contributed by atoms with E-state index in [1.807, 2.05) is 14.0 Å². The Bertz CT molecular complexity index is 333. The van der Waals surface area contributed by atoms with Gasteiger partial charge in [-0.25, -0.2) is 0 Å². The molecule has 0 amide bonds. The molecule has 1 N–H and O–H groups in total. The lowest BCUT2D eigenvalue weighted by Gasteiger charge is -1.99. The fraction of sp³-hybridized carbons (Fsp3) is 0.286. The summed E-state index contributed by atoms with van der Waals surface area (Å²) in [5, 5.41) is 3.12. The van der Waals surface area contributed by atoms with Crippen LogP contribution in [0.1, 0.15) is 24.5 Å². The molecule has 0 aliphatic heterocycles. The quantitative estimate of drug-likeness (QED) is 0.720. The van der Waals surface area contributed by atoms with Crippen molar-refractivity contribution in [2.75, 3.05) is 13.6 Å². The second-order valence-corrected chi connectivity index (χ2v) is 3.70. The zero-order valence-electron chi connectivity index (χ0n) is 9.59. The van der Waals surface area contributed by atoms with Crippen LogP contribution in [-0.2, 0) is 0 Å². The summed E-state index contributed by atoms with van der Waals surface area (Å²) in [4.78, 5) is 0. The van der Waals surface area contributed by atoms with Gasteiger partial charge >= 0.3 is 0 Å². The normalized spacial score (nSPS) is 10.8. The maximum Gasteiger partial charge on any atom is -0.00172 e. The first-order valence-electron chi connectivity index (χ1n) is 5.31. The Labute approximate surface area is 92.5 Å². The maximum atomic E-state index is 3.92. The van der Waals surface area contributed by atoms with E-state index in [0.717, 1.165) is 18.5 Å². The molecule has 0 saturated carbocycles. The molecule has 0 aliphatic rings. The number of hydrogen-bond acceptors (Lipinski definition) is 1. The van der Waals surface area contributed by atoms with E-state index in [9.17, 15) is 0 Å². The fourth-order valence-corrected chi connectivity index (χ4v) is 1.33. The summed E-state index contributed by atoms with van der Waals surface area (Å²) in [6.45, 7) is 6.97. The van der Waals surface area contributed by atoms with Gasteiger partial charge in [-0.3, -0.25) is 0 Å². The van der Waals surface area contributed by atoms with Crippen molar-refractivity contribution >= 4 is 11.6 Å². The Morgan fingerprint density at radius 1 is 1.33 bits per heavy atom. The highest BCUT2D eigenvalue weighted by Crippen LogP contribution is 2.13. The average molecular weight is 201 g/mol. The van der Waals surface area contributed by atoms with Crippen molar-refractivity contribution in [2.45, 2.75) is 13.3 Å². The van der Waals surface area contributed by atoms with Crippen LogP contribution in [0.2, 0.25) is 0 Å². The highest BCUT2D eigenvalue weighted by atomic mass is 14.8. The summed E-state index contributed by atoms with van der Waals surface area (Å²) in [6, 6.07) is 8.47. The van der Waals surface area contributed by atoms with Gasteiger partial charge in [-0.05, 0) is 38.1 Å². The predicted molar refractivity (Wildman–Crippen MR) is 68.7 cm³/mol. The fourth-order valence-electron chi connectivity index (χ4n) is 1.33. The molecule has 0 atom stereocenters. The largest absolute Gasteiger partial charge is 0.319 e. The molecule has 0 radical (unpaired) electrons. The van der Waals surface area contributed by atoms with E-state index < -0.39 is 0 Å². The Kier molecular flexibility index (Phi) is 4.85. The minimum Gasteiger partial charge on any atom is -0.319 e. The van der Waals surface area contributed by atoms with Crippen LogP contribution in [0.4, 0.5) is 0 Å². The second kappa shape index (κ2) is 6.20. The van der Waals surface area contributed by atoms with Crippen molar-refractivity contribution in [1.82, 2.24) is 5.32 Å². The second-order valence-electron chi connectivity index (χ2n) is 3.70. The Morgan fingerprint density at radius 3 is 2.53 bits per heavy atom. The van der Waals surface area contributed by atoms with E-state index >= 15 is 0 Å². The smallest absolute Gasteiger partial charge is 0.00172 e. The molecule has 0 fully saturated rings. The molecule has 1 aromatic rings. The van der Waals surface area contributed by atoms with Crippen molar-refractivity contribution in [3.05, 3.63) is 48.0 Å². The summed E-state index contributed by atoms with van der Waals surface area (Å²) >= 11 is 0. The van der Waals surface area contributed by atoms with Crippen LogP contribution >= 0.6 is 0 Å². The van der Waals surface area contributed by atoms with Crippen LogP contribution < -0.4 is 5.32 Å². The average Bonchev–Trinajstić information content (AvgIpc) is 2.25. The molecule has 0 unspecified atom stereocenters. The highest BCUT2D eigenvalue weighted by Gasteiger charge is 1.91. The van der Waals surface area contributed by atoms with Gasteiger partial charge in [0.2, 0.25) is 0 Å². The minimum atomic E-state index is 1.03. The van der Waals surface area contributed by atoms with Crippen LogP contribution in [0.5, 0.6) is 0 Å². The summed E-state index contributed by atoms with van der Waals surface area (Å²) in [5.74, 6) is 0. The van der Waals surface area contributed by atoms with Crippen LogP contribution in [0.25, 0.3) is 11.6 Å². The maximum absolute atomic E-state index is 3.92. The van der Waals surface area contributed by atoms with Crippen molar-refractivity contribution in [3.63, 3.8) is 0 Å². The van der Waals surface area contributed by atoms with Gasteiger partial charge in [0, 0.05) is 0 Å². The first-order chi connectivity index (χ1) is 7.24. The van der Waals surface area contributed by atoms with Gasteiger partial charge < -0.3 is 5.32 Å². The van der Waals surface area contributed by atoms with Gasteiger partial charge in [-0.15, -0.1) is 0 Å². The van der Waals surface area contributed by atoms with Crippen LogP contribution in [0.3, 0.4) is 0 Å². The Hall–Kier alpha value is -1.34. The number of benzene rings is 1. The lowest BCUT2D eigenvalue weighted by molar-refractivity contribution is 0.809. The molecule has 0 aliphatic carbocycles. The van der Waals surface area contributed by atoms with Gasteiger partial charge in [0.25, 0.3) is 0 Å². The molecular weight excluding hydrogens is 182 g/mol. The molecule has 0 saturated heterocycles. The lowest BCUT2D eigenvalue weighted by Crippen LogP contribution is -2.05. The first kappa shape index (κ1) is 11.7. The van der Waals surface area contributed by atoms with E-state index in [0.29, 0.717) is 0 Å². The summed E-state index contributed by atoms with van der Waals surface area (Å²) in [6.07, 6.45) is 5.41. The van der Waals surface area contributed by atoms with E-state index in [1.165, 1.54) is 11.1 Å². The summed E-state index contributed by atoms with van der Waals surface area (Å²) < 4.78 is 0. The van der Waals surface area contributed by atoms with Gasteiger partial charge in [-0.1, -0.05) is 48.6 Å². The van der Waals surface area contributed by atoms with Gasteiger partial charge in [0.1, 0.15) is 0 Å². The molecule has 15 heavy (non-hydrogen) atoms. The standard InChI is InChI=1S/C14H19N/c1-12(2)14-9-7-13(8-10-14)6-4-5-11-15-3/h4,6-10,15H,1,5,11H2,2-3H3. The van der Waals surface area contributed by atoms with Crippen LogP contribution in [0, 0.1) is 0 Å². The van der Waals surface area contributed by atoms with Gasteiger partial charge in [-0.2, -0.15) is 0 Å². The number of nitrogens with one attached hydrogen (secondary N) is 1. The van der Waals surface area contributed by atoms with Crippen molar-refractivity contribution < 1.29 is 0 Å². The number of hydrogen-bond donors (Lipinski definition) is 1. The van der Waals surface area contributed by atoms with Crippen molar-refractivity contribution in [3.8, 4) is 0 Å². The molecule has 1 aromatic carbocycles. The molecule has 0 heterocycles. The molecule has 0 aromatic heterocycles. The molecule has 0 spiro atoms. The monoisotopic (exact) mass is 201 g/mol. The zero-order valence-corrected chi connectivity index (χ0v) is 9.59. The first-order valence-corrected chi connectivity index (χ1v) is 5.31. The van der Waals surface area contributed by atoms with Gasteiger partial charge in [0.15, 0.2) is 0 Å². The summed E-state index contributed by atoms with van der Waals surface area (Å²) in [5.41, 5.74) is 3.57. The highest BCUT2D eigenvalue weighted by molar-refractivity contribution is 5.63. The van der Waals surface area contributed by atoms with E-state index in [4.69, 9.17) is 0 Å². The Balaban J connectivity index is 2.56. The van der Waals surface area contributed by atoms with E-state index in [1.54, 1.807) is 0 Å². The number of allylic oxidation sites excluding steroid dienone is 1.